The number of fused-ring (bicyclic) bond motifs is 1. The molecule has 2 unspecified atom stereocenters. The van der Waals surface area contributed by atoms with E-state index in [1.165, 1.54) is 6.42 Å². The Morgan fingerprint density at radius 2 is 1.89 bits per heavy atom. The molecule has 6 rings (SSSR count). The lowest BCUT2D eigenvalue weighted by Gasteiger charge is -2.27. The standard InChI is InChI=1S/C29H34ClN7O/c1-3-26(21-10-11-31-18-21)37-19(2)32-24-9-4-20(16-27(24)37)25-17-28(33-23-7-5-22(30)6-8-23)35-29(34-25)36-12-14-38-15-13-36/h4-9,16-17,21,26,31H,3,10-15,18H2,1-2H3,(H,33,34,35). The molecule has 2 N–H and O–H groups in total. The van der Waals surface area contributed by atoms with Gasteiger partial charge in [-0.15, -0.1) is 0 Å². The summed E-state index contributed by atoms with van der Waals surface area (Å²) in [6.07, 6.45) is 2.28. The average molecular weight is 532 g/mol. The average Bonchev–Trinajstić information content (AvgIpc) is 3.59. The van der Waals surface area contributed by atoms with E-state index >= 15 is 0 Å². The summed E-state index contributed by atoms with van der Waals surface area (Å²) in [5.74, 6) is 3.13. The van der Waals surface area contributed by atoms with Crippen LogP contribution >= 0.6 is 11.6 Å². The fourth-order valence-corrected chi connectivity index (χ4v) is 5.88. The second-order valence-electron chi connectivity index (χ2n) is 10.1. The normalized spacial score (nSPS) is 18.7. The van der Waals surface area contributed by atoms with Gasteiger partial charge in [0.1, 0.15) is 11.6 Å². The maximum absolute atomic E-state index is 6.10. The molecule has 2 aromatic heterocycles. The van der Waals surface area contributed by atoms with Gasteiger partial charge < -0.3 is 24.8 Å². The Bertz CT molecular complexity index is 1410. The molecule has 8 nitrogen and oxygen atoms in total. The number of halogens is 1. The van der Waals surface area contributed by atoms with Crippen LogP contribution < -0.4 is 15.5 Å². The molecule has 2 aliphatic heterocycles. The predicted molar refractivity (Wildman–Crippen MR) is 154 cm³/mol. The highest BCUT2D eigenvalue weighted by atomic mass is 35.5. The number of anilines is 3. The van der Waals surface area contributed by atoms with Crippen LogP contribution in [0.1, 0.15) is 31.6 Å². The summed E-state index contributed by atoms with van der Waals surface area (Å²) in [7, 11) is 0. The second kappa shape index (κ2) is 10.9. The zero-order valence-corrected chi connectivity index (χ0v) is 22.7. The van der Waals surface area contributed by atoms with Crippen LogP contribution in [0.4, 0.5) is 17.5 Å². The van der Waals surface area contributed by atoms with Gasteiger partial charge in [-0.2, -0.15) is 4.98 Å². The van der Waals surface area contributed by atoms with Crippen LogP contribution in [-0.2, 0) is 4.74 Å². The van der Waals surface area contributed by atoms with Crippen LogP contribution in [0.25, 0.3) is 22.3 Å². The summed E-state index contributed by atoms with van der Waals surface area (Å²) in [4.78, 5) is 17.0. The maximum Gasteiger partial charge on any atom is 0.228 e. The Hall–Kier alpha value is -3.20. The summed E-state index contributed by atoms with van der Waals surface area (Å²) in [6.45, 7) is 9.44. The number of nitrogens with zero attached hydrogens (tertiary/aromatic N) is 5. The number of imidazole rings is 1. The Morgan fingerprint density at radius 1 is 1.08 bits per heavy atom. The lowest BCUT2D eigenvalue weighted by molar-refractivity contribution is 0.122. The monoisotopic (exact) mass is 531 g/mol. The van der Waals surface area contributed by atoms with E-state index in [1.807, 2.05) is 30.3 Å². The molecule has 38 heavy (non-hydrogen) atoms. The largest absolute Gasteiger partial charge is 0.378 e. The van der Waals surface area contributed by atoms with E-state index in [2.05, 4.69) is 52.1 Å². The van der Waals surface area contributed by atoms with Crippen molar-refractivity contribution in [3.05, 3.63) is 59.4 Å². The van der Waals surface area contributed by atoms with Crippen LogP contribution in [0.3, 0.4) is 0 Å². The first-order valence-corrected chi connectivity index (χ1v) is 13.9. The van der Waals surface area contributed by atoms with Gasteiger partial charge in [0.2, 0.25) is 5.95 Å². The van der Waals surface area contributed by atoms with Crippen LogP contribution in [0.5, 0.6) is 0 Å². The third-order valence-electron chi connectivity index (χ3n) is 7.68. The van der Waals surface area contributed by atoms with Crippen molar-refractivity contribution in [2.24, 2.45) is 5.92 Å². The minimum Gasteiger partial charge on any atom is -0.378 e. The van der Waals surface area contributed by atoms with E-state index in [9.17, 15) is 0 Å². The molecule has 2 fully saturated rings. The highest BCUT2D eigenvalue weighted by Crippen LogP contribution is 2.34. The lowest BCUT2D eigenvalue weighted by atomic mass is 9.96. The summed E-state index contributed by atoms with van der Waals surface area (Å²) in [5, 5.41) is 7.69. The second-order valence-corrected chi connectivity index (χ2v) is 10.6. The van der Waals surface area contributed by atoms with E-state index in [-0.39, 0.29) is 0 Å². The highest BCUT2D eigenvalue weighted by molar-refractivity contribution is 6.30. The smallest absolute Gasteiger partial charge is 0.228 e. The van der Waals surface area contributed by atoms with Crippen molar-refractivity contribution >= 4 is 40.1 Å². The number of ether oxygens (including phenoxy) is 1. The first-order chi connectivity index (χ1) is 18.6. The molecule has 0 amide bonds. The van der Waals surface area contributed by atoms with E-state index in [0.717, 1.165) is 72.2 Å². The zero-order chi connectivity index (χ0) is 26.1. The molecule has 0 aliphatic carbocycles. The van der Waals surface area contributed by atoms with Crippen molar-refractivity contribution in [1.82, 2.24) is 24.8 Å². The van der Waals surface area contributed by atoms with Gasteiger partial charge in [-0.1, -0.05) is 24.6 Å². The van der Waals surface area contributed by atoms with Crippen molar-refractivity contribution in [1.29, 1.82) is 0 Å². The third kappa shape index (κ3) is 5.08. The zero-order valence-electron chi connectivity index (χ0n) is 22.0. The van der Waals surface area contributed by atoms with Crippen molar-refractivity contribution < 1.29 is 4.74 Å². The SMILES string of the molecule is CCC(C1CCNC1)n1c(C)nc2ccc(-c3cc(Nc4ccc(Cl)cc4)nc(N4CCOCC4)n3)cc21. The lowest BCUT2D eigenvalue weighted by Crippen LogP contribution is -2.37. The molecular formula is C29H34ClN7O. The number of aromatic nitrogens is 4. The van der Waals surface area contributed by atoms with Gasteiger partial charge in [-0.3, -0.25) is 0 Å². The first kappa shape index (κ1) is 25.1. The van der Waals surface area contributed by atoms with Gasteiger partial charge in [0.15, 0.2) is 0 Å². The molecule has 0 spiro atoms. The Morgan fingerprint density at radius 3 is 2.63 bits per heavy atom. The molecule has 4 heterocycles. The Balaban J connectivity index is 1.42. The molecule has 4 aromatic rings. The third-order valence-corrected chi connectivity index (χ3v) is 7.93. The van der Waals surface area contributed by atoms with E-state index in [1.54, 1.807) is 0 Å². The van der Waals surface area contributed by atoms with E-state index in [0.29, 0.717) is 36.1 Å². The summed E-state index contributed by atoms with van der Waals surface area (Å²) in [5.41, 5.74) is 5.04. The number of hydrogen-bond acceptors (Lipinski definition) is 7. The van der Waals surface area contributed by atoms with Gasteiger partial charge in [-0.05, 0) is 75.2 Å². The van der Waals surface area contributed by atoms with Gasteiger partial charge in [0, 0.05) is 41.5 Å². The Labute approximate surface area is 228 Å². The molecule has 198 valence electrons. The molecule has 0 radical (unpaired) electrons. The number of morpholine rings is 1. The fourth-order valence-electron chi connectivity index (χ4n) is 5.76. The topological polar surface area (TPSA) is 80.1 Å². The number of aryl methyl sites for hydroxylation is 1. The Kier molecular flexibility index (Phi) is 7.19. The van der Waals surface area contributed by atoms with Crippen molar-refractivity contribution in [3.63, 3.8) is 0 Å². The molecule has 0 saturated carbocycles. The van der Waals surface area contributed by atoms with E-state index < -0.39 is 0 Å². The molecule has 9 heteroatoms. The van der Waals surface area contributed by atoms with Gasteiger partial charge in [0.25, 0.3) is 0 Å². The van der Waals surface area contributed by atoms with Crippen molar-refractivity contribution in [3.8, 4) is 11.3 Å². The highest BCUT2D eigenvalue weighted by Gasteiger charge is 2.27. The number of nitrogens with one attached hydrogen (secondary N) is 2. The molecule has 2 aromatic carbocycles. The van der Waals surface area contributed by atoms with Crippen LogP contribution in [0.2, 0.25) is 5.02 Å². The van der Waals surface area contributed by atoms with Crippen LogP contribution in [0, 0.1) is 12.8 Å². The maximum atomic E-state index is 6.10. The first-order valence-electron chi connectivity index (χ1n) is 13.5. The fraction of sp³-hybridized carbons (Fsp3) is 0.414. The predicted octanol–water partition coefficient (Wildman–Crippen LogP) is 5.60. The van der Waals surface area contributed by atoms with Crippen LogP contribution in [0.15, 0.2) is 48.5 Å². The number of hydrogen-bond donors (Lipinski definition) is 2. The van der Waals surface area contributed by atoms with Gasteiger partial charge in [-0.25, -0.2) is 9.97 Å². The number of benzene rings is 2. The molecule has 0 bridgehead atoms. The molecular weight excluding hydrogens is 498 g/mol. The minimum absolute atomic E-state index is 0.418. The molecule has 2 atom stereocenters. The van der Waals surface area contributed by atoms with Crippen molar-refractivity contribution in [2.75, 3.05) is 49.6 Å². The van der Waals surface area contributed by atoms with Crippen molar-refractivity contribution in [2.45, 2.75) is 32.7 Å². The number of rotatable bonds is 7. The molecule has 2 aliphatic rings. The summed E-state index contributed by atoms with van der Waals surface area (Å²) >= 11 is 6.10. The quantitative estimate of drug-likeness (QED) is 0.321. The van der Waals surface area contributed by atoms with Gasteiger partial charge >= 0.3 is 0 Å². The minimum atomic E-state index is 0.418. The summed E-state index contributed by atoms with van der Waals surface area (Å²) < 4.78 is 8.02. The summed E-state index contributed by atoms with van der Waals surface area (Å²) in [6, 6.07) is 16.6. The van der Waals surface area contributed by atoms with Gasteiger partial charge in [0.05, 0.1) is 29.9 Å². The van der Waals surface area contributed by atoms with E-state index in [4.69, 9.17) is 31.3 Å². The molecule has 2 saturated heterocycles. The van der Waals surface area contributed by atoms with Crippen LogP contribution in [-0.4, -0.2) is 58.9 Å².